The summed E-state index contributed by atoms with van der Waals surface area (Å²) in [6, 6.07) is 5.55. The number of hydrogen-bond donors (Lipinski definition) is 2. The number of ether oxygens (including phenoxy) is 2. The maximum Gasteiger partial charge on any atom is 0.161 e. The molecule has 2 N–H and O–H groups in total. The zero-order valence-corrected chi connectivity index (χ0v) is 10.4. The van der Waals surface area contributed by atoms with Crippen molar-refractivity contribution in [3.8, 4) is 11.5 Å². The standard InChI is InChI=1S/C14H19NO3/c1-2-3-6-15-10-12(16)11-4-5-13-14(9-11)18-8-7-17-13/h2,4-5,9,12,15-16H,1,3,6-8,10H2. The normalized spacial score (nSPS) is 15.2. The monoisotopic (exact) mass is 249 g/mol. The van der Waals surface area contributed by atoms with Crippen LogP contribution in [0, 0.1) is 0 Å². The molecule has 2 rings (SSSR count). The van der Waals surface area contributed by atoms with Gasteiger partial charge in [0.25, 0.3) is 0 Å². The highest BCUT2D eigenvalue weighted by Crippen LogP contribution is 2.32. The Balaban J connectivity index is 1.93. The molecule has 0 amide bonds. The van der Waals surface area contributed by atoms with Gasteiger partial charge < -0.3 is 19.9 Å². The van der Waals surface area contributed by atoms with E-state index in [1.165, 1.54) is 0 Å². The van der Waals surface area contributed by atoms with Crippen molar-refractivity contribution in [3.05, 3.63) is 36.4 Å². The number of nitrogens with one attached hydrogen (secondary N) is 1. The quantitative estimate of drug-likeness (QED) is 0.594. The molecule has 0 aliphatic carbocycles. The van der Waals surface area contributed by atoms with Crippen LogP contribution in [0.1, 0.15) is 18.1 Å². The van der Waals surface area contributed by atoms with E-state index in [1.54, 1.807) is 0 Å². The van der Waals surface area contributed by atoms with E-state index in [1.807, 2.05) is 24.3 Å². The van der Waals surface area contributed by atoms with E-state index >= 15 is 0 Å². The van der Waals surface area contributed by atoms with E-state index in [0.29, 0.717) is 25.5 Å². The molecule has 1 aliphatic rings. The van der Waals surface area contributed by atoms with Gasteiger partial charge in [-0.15, -0.1) is 6.58 Å². The second-order valence-electron chi connectivity index (χ2n) is 4.20. The summed E-state index contributed by atoms with van der Waals surface area (Å²) < 4.78 is 10.9. The highest BCUT2D eigenvalue weighted by atomic mass is 16.6. The van der Waals surface area contributed by atoms with Gasteiger partial charge in [0.15, 0.2) is 11.5 Å². The number of aliphatic hydroxyl groups is 1. The van der Waals surface area contributed by atoms with E-state index < -0.39 is 6.10 Å². The Kier molecular flexibility index (Phi) is 4.61. The first-order chi connectivity index (χ1) is 8.81. The fourth-order valence-corrected chi connectivity index (χ4v) is 1.83. The van der Waals surface area contributed by atoms with Crippen molar-refractivity contribution in [2.75, 3.05) is 26.3 Å². The zero-order valence-electron chi connectivity index (χ0n) is 10.4. The Hall–Kier alpha value is -1.52. The zero-order chi connectivity index (χ0) is 12.8. The Morgan fingerprint density at radius 1 is 1.33 bits per heavy atom. The lowest BCUT2D eigenvalue weighted by Gasteiger charge is -2.20. The minimum Gasteiger partial charge on any atom is -0.486 e. The summed E-state index contributed by atoms with van der Waals surface area (Å²) in [4.78, 5) is 0. The predicted molar refractivity (Wildman–Crippen MR) is 70.1 cm³/mol. The Bertz CT molecular complexity index is 406. The van der Waals surface area contributed by atoms with Crippen molar-refractivity contribution >= 4 is 0 Å². The molecule has 1 unspecified atom stereocenters. The summed E-state index contributed by atoms with van der Waals surface area (Å²) in [5.74, 6) is 1.46. The van der Waals surface area contributed by atoms with Crippen LogP contribution in [0.3, 0.4) is 0 Å². The first-order valence-electron chi connectivity index (χ1n) is 6.20. The number of rotatable bonds is 6. The van der Waals surface area contributed by atoms with Crippen LogP contribution in [-0.2, 0) is 0 Å². The van der Waals surface area contributed by atoms with Crippen LogP contribution >= 0.6 is 0 Å². The molecule has 0 aromatic heterocycles. The lowest BCUT2D eigenvalue weighted by atomic mass is 10.1. The van der Waals surface area contributed by atoms with Crippen LogP contribution in [0.4, 0.5) is 0 Å². The molecule has 4 nitrogen and oxygen atoms in total. The van der Waals surface area contributed by atoms with Gasteiger partial charge in [-0.05, 0) is 30.7 Å². The van der Waals surface area contributed by atoms with Gasteiger partial charge in [0.2, 0.25) is 0 Å². The predicted octanol–water partition coefficient (Wildman–Crippen LogP) is 1.66. The second-order valence-corrected chi connectivity index (χ2v) is 4.20. The van der Waals surface area contributed by atoms with E-state index in [4.69, 9.17) is 9.47 Å². The van der Waals surface area contributed by atoms with Gasteiger partial charge in [0.1, 0.15) is 13.2 Å². The van der Waals surface area contributed by atoms with E-state index in [9.17, 15) is 5.11 Å². The highest BCUT2D eigenvalue weighted by Gasteiger charge is 2.14. The average molecular weight is 249 g/mol. The van der Waals surface area contributed by atoms with E-state index in [-0.39, 0.29) is 0 Å². The fourth-order valence-electron chi connectivity index (χ4n) is 1.83. The maximum atomic E-state index is 10.0. The largest absolute Gasteiger partial charge is 0.486 e. The lowest BCUT2D eigenvalue weighted by Crippen LogP contribution is -2.22. The summed E-state index contributed by atoms with van der Waals surface area (Å²) in [5, 5.41) is 13.2. The number of benzene rings is 1. The average Bonchev–Trinajstić information content (AvgIpc) is 2.43. The molecule has 0 spiro atoms. The molecule has 1 atom stereocenters. The topological polar surface area (TPSA) is 50.7 Å². The highest BCUT2D eigenvalue weighted by molar-refractivity contribution is 5.44. The minimum atomic E-state index is -0.536. The molecule has 0 fully saturated rings. The molecular weight excluding hydrogens is 230 g/mol. The minimum absolute atomic E-state index is 0.521. The fraction of sp³-hybridized carbons (Fsp3) is 0.429. The van der Waals surface area contributed by atoms with Gasteiger partial charge in [0.05, 0.1) is 6.10 Å². The van der Waals surface area contributed by atoms with Crippen molar-refractivity contribution in [2.24, 2.45) is 0 Å². The molecule has 4 heteroatoms. The van der Waals surface area contributed by atoms with Crippen molar-refractivity contribution in [1.82, 2.24) is 5.32 Å². The third kappa shape index (κ3) is 3.24. The van der Waals surface area contributed by atoms with Crippen molar-refractivity contribution in [3.63, 3.8) is 0 Å². The molecule has 0 saturated heterocycles. The summed E-state index contributed by atoms with van der Waals surface area (Å²) in [5.41, 5.74) is 0.838. The van der Waals surface area contributed by atoms with Gasteiger partial charge in [-0.2, -0.15) is 0 Å². The van der Waals surface area contributed by atoms with Crippen LogP contribution in [0.2, 0.25) is 0 Å². The first-order valence-corrected chi connectivity index (χ1v) is 6.20. The van der Waals surface area contributed by atoms with Crippen LogP contribution in [-0.4, -0.2) is 31.4 Å². The van der Waals surface area contributed by atoms with E-state index in [0.717, 1.165) is 24.3 Å². The maximum absolute atomic E-state index is 10.0. The summed E-state index contributed by atoms with van der Waals surface area (Å²) in [6.07, 6.45) is 2.21. The van der Waals surface area contributed by atoms with Crippen LogP contribution in [0.25, 0.3) is 0 Å². The summed E-state index contributed by atoms with van der Waals surface area (Å²) in [6.45, 7) is 6.14. The third-order valence-electron chi connectivity index (χ3n) is 2.81. The van der Waals surface area contributed by atoms with Crippen LogP contribution in [0.5, 0.6) is 11.5 Å². The Labute approximate surface area is 107 Å². The smallest absolute Gasteiger partial charge is 0.161 e. The Morgan fingerprint density at radius 3 is 2.89 bits per heavy atom. The molecule has 0 radical (unpaired) electrons. The molecule has 18 heavy (non-hydrogen) atoms. The molecule has 1 heterocycles. The Morgan fingerprint density at radius 2 is 2.11 bits per heavy atom. The van der Waals surface area contributed by atoms with Crippen molar-refractivity contribution < 1.29 is 14.6 Å². The third-order valence-corrected chi connectivity index (χ3v) is 2.81. The van der Waals surface area contributed by atoms with E-state index in [2.05, 4.69) is 11.9 Å². The molecule has 1 aliphatic heterocycles. The van der Waals surface area contributed by atoms with Gasteiger partial charge in [-0.1, -0.05) is 12.1 Å². The summed E-state index contributed by atoms with van der Waals surface area (Å²) >= 11 is 0. The number of fused-ring (bicyclic) bond motifs is 1. The molecule has 0 bridgehead atoms. The van der Waals surface area contributed by atoms with Gasteiger partial charge in [-0.25, -0.2) is 0 Å². The number of hydrogen-bond acceptors (Lipinski definition) is 4. The molecule has 98 valence electrons. The SMILES string of the molecule is C=CCCNCC(O)c1ccc2c(c1)OCCO2. The summed E-state index contributed by atoms with van der Waals surface area (Å²) in [7, 11) is 0. The molecular formula is C14H19NO3. The van der Waals surface area contributed by atoms with Gasteiger partial charge in [0, 0.05) is 6.54 Å². The van der Waals surface area contributed by atoms with Gasteiger partial charge >= 0.3 is 0 Å². The van der Waals surface area contributed by atoms with Crippen LogP contribution in [0.15, 0.2) is 30.9 Å². The molecule has 0 saturated carbocycles. The lowest BCUT2D eigenvalue weighted by molar-refractivity contribution is 0.163. The molecule has 1 aromatic carbocycles. The first kappa shape index (κ1) is 12.9. The molecule has 1 aromatic rings. The second kappa shape index (κ2) is 6.42. The van der Waals surface area contributed by atoms with Crippen LogP contribution < -0.4 is 14.8 Å². The van der Waals surface area contributed by atoms with Crippen molar-refractivity contribution in [2.45, 2.75) is 12.5 Å². The van der Waals surface area contributed by atoms with Crippen molar-refractivity contribution in [1.29, 1.82) is 0 Å². The number of aliphatic hydroxyl groups excluding tert-OH is 1. The van der Waals surface area contributed by atoms with Gasteiger partial charge in [-0.3, -0.25) is 0 Å².